The lowest BCUT2D eigenvalue weighted by Gasteiger charge is -2.36. The number of pyridine rings is 1. The van der Waals surface area contributed by atoms with Gasteiger partial charge in [-0.2, -0.15) is 0 Å². The molecule has 0 bridgehead atoms. The number of aryl methyl sites for hydroxylation is 1. The molecule has 3 rings (SSSR count). The molecule has 0 aliphatic carbocycles. The molecule has 2 heterocycles. The van der Waals surface area contributed by atoms with Crippen molar-refractivity contribution in [1.82, 2.24) is 15.2 Å². The summed E-state index contributed by atoms with van der Waals surface area (Å²) in [5.74, 6) is 0. The predicted molar refractivity (Wildman–Crippen MR) is 124 cm³/mol. The van der Waals surface area contributed by atoms with Crippen LogP contribution in [0.4, 0.5) is 11.4 Å². The first-order valence-electron chi connectivity index (χ1n) is 10.1. The van der Waals surface area contributed by atoms with Crippen LogP contribution in [0.1, 0.15) is 30.5 Å². The summed E-state index contributed by atoms with van der Waals surface area (Å²) in [7, 11) is 2.18. The molecule has 0 radical (unpaired) electrons. The van der Waals surface area contributed by atoms with Crippen LogP contribution in [0.5, 0.6) is 0 Å². The Kier molecular flexibility index (Phi) is 7.29. The van der Waals surface area contributed by atoms with Crippen LogP contribution in [0.3, 0.4) is 0 Å². The van der Waals surface area contributed by atoms with Gasteiger partial charge in [0.25, 0.3) is 0 Å². The van der Waals surface area contributed by atoms with E-state index in [9.17, 15) is 0 Å². The molecular formula is C23H30ClN5. The van der Waals surface area contributed by atoms with Crippen molar-refractivity contribution in [1.29, 1.82) is 0 Å². The first kappa shape index (κ1) is 21.3. The first-order chi connectivity index (χ1) is 14.0. The minimum Gasteiger partial charge on any atom is -0.368 e. The molecule has 0 saturated carbocycles. The highest BCUT2D eigenvalue weighted by Crippen LogP contribution is 2.37. The van der Waals surface area contributed by atoms with E-state index in [0.29, 0.717) is 17.7 Å². The molecule has 0 spiro atoms. The molecule has 1 aromatic carbocycles. The number of nitrogens with one attached hydrogen (secondary N) is 1. The monoisotopic (exact) mass is 411 g/mol. The SMILES string of the molecule is C=Nc1cccc(Cl)c1N(CNC(=C)c1ccnc(C)c1)C1CCCCN(C)C1. The Morgan fingerprint density at radius 2 is 2.21 bits per heavy atom. The molecule has 1 fully saturated rings. The first-order valence-corrected chi connectivity index (χ1v) is 10.4. The van der Waals surface area contributed by atoms with Gasteiger partial charge in [0.15, 0.2) is 0 Å². The lowest BCUT2D eigenvalue weighted by molar-refractivity contribution is 0.325. The Bertz CT molecular complexity index is 866. The third-order valence-electron chi connectivity index (χ3n) is 5.42. The third-order valence-corrected chi connectivity index (χ3v) is 5.73. The van der Waals surface area contributed by atoms with Crippen molar-refractivity contribution < 1.29 is 0 Å². The van der Waals surface area contributed by atoms with Crippen LogP contribution >= 0.6 is 11.6 Å². The van der Waals surface area contributed by atoms with Gasteiger partial charge in [-0.15, -0.1) is 0 Å². The summed E-state index contributed by atoms with van der Waals surface area (Å²) in [4.78, 5) is 13.2. The Labute approximate surface area is 179 Å². The van der Waals surface area contributed by atoms with Crippen molar-refractivity contribution in [2.45, 2.75) is 32.2 Å². The van der Waals surface area contributed by atoms with E-state index in [1.54, 1.807) is 0 Å². The average Bonchev–Trinajstić information content (AvgIpc) is 2.93. The van der Waals surface area contributed by atoms with E-state index in [2.05, 4.69) is 45.4 Å². The van der Waals surface area contributed by atoms with Gasteiger partial charge in [-0.05, 0) is 64.3 Å². The summed E-state index contributed by atoms with van der Waals surface area (Å²) in [5, 5.41) is 4.19. The fourth-order valence-corrected chi connectivity index (χ4v) is 4.16. The predicted octanol–water partition coefficient (Wildman–Crippen LogP) is 4.88. The summed E-state index contributed by atoms with van der Waals surface area (Å²) in [5.41, 5.74) is 4.60. The zero-order chi connectivity index (χ0) is 20.8. The minimum atomic E-state index is 0.322. The molecular weight excluding hydrogens is 382 g/mol. The van der Waals surface area contributed by atoms with Gasteiger partial charge in [0, 0.05) is 35.7 Å². The zero-order valence-corrected chi connectivity index (χ0v) is 18.1. The lowest BCUT2D eigenvalue weighted by Crippen LogP contribution is -2.46. The lowest BCUT2D eigenvalue weighted by atomic mass is 10.1. The summed E-state index contributed by atoms with van der Waals surface area (Å²) >= 11 is 6.65. The number of likely N-dealkylation sites (N-methyl/N-ethyl adjacent to an activating group) is 1. The van der Waals surface area contributed by atoms with Crippen molar-refractivity contribution in [3.8, 4) is 0 Å². The minimum absolute atomic E-state index is 0.322. The Morgan fingerprint density at radius 3 is 2.97 bits per heavy atom. The van der Waals surface area contributed by atoms with Gasteiger partial charge < -0.3 is 15.1 Å². The zero-order valence-electron chi connectivity index (χ0n) is 17.4. The summed E-state index contributed by atoms with van der Waals surface area (Å²) in [6.45, 7) is 12.7. The van der Waals surface area contributed by atoms with E-state index in [1.807, 2.05) is 43.5 Å². The second kappa shape index (κ2) is 9.90. The van der Waals surface area contributed by atoms with E-state index in [4.69, 9.17) is 11.6 Å². The quantitative estimate of drug-likeness (QED) is 0.520. The maximum Gasteiger partial charge on any atom is 0.0881 e. The maximum absolute atomic E-state index is 6.65. The van der Waals surface area contributed by atoms with Crippen molar-refractivity contribution >= 4 is 35.4 Å². The van der Waals surface area contributed by atoms with Gasteiger partial charge in [-0.1, -0.05) is 30.7 Å². The Morgan fingerprint density at radius 1 is 1.38 bits per heavy atom. The number of aromatic nitrogens is 1. The van der Waals surface area contributed by atoms with Crippen LogP contribution in [-0.4, -0.2) is 49.4 Å². The molecule has 6 heteroatoms. The summed E-state index contributed by atoms with van der Waals surface area (Å²) < 4.78 is 0. The largest absolute Gasteiger partial charge is 0.368 e. The van der Waals surface area contributed by atoms with Crippen molar-refractivity contribution in [3.63, 3.8) is 0 Å². The van der Waals surface area contributed by atoms with Crippen LogP contribution in [0.25, 0.3) is 5.70 Å². The molecule has 1 aromatic heterocycles. The smallest absolute Gasteiger partial charge is 0.0881 e. The number of anilines is 1. The normalized spacial score (nSPS) is 17.4. The molecule has 5 nitrogen and oxygen atoms in total. The average molecular weight is 412 g/mol. The fourth-order valence-electron chi connectivity index (χ4n) is 3.88. The number of rotatable bonds is 7. The van der Waals surface area contributed by atoms with Crippen LogP contribution in [0.15, 0.2) is 48.1 Å². The summed E-state index contributed by atoms with van der Waals surface area (Å²) in [6, 6.07) is 10.1. The van der Waals surface area contributed by atoms with Gasteiger partial charge in [-0.3, -0.25) is 9.98 Å². The Hall–Kier alpha value is -2.37. The molecule has 29 heavy (non-hydrogen) atoms. The van der Waals surface area contributed by atoms with E-state index in [-0.39, 0.29) is 0 Å². The van der Waals surface area contributed by atoms with Crippen LogP contribution in [-0.2, 0) is 0 Å². The number of likely N-dealkylation sites (tertiary alicyclic amines) is 1. The highest BCUT2D eigenvalue weighted by molar-refractivity contribution is 6.34. The van der Waals surface area contributed by atoms with E-state index >= 15 is 0 Å². The maximum atomic E-state index is 6.65. The topological polar surface area (TPSA) is 43.8 Å². The number of benzene rings is 1. The van der Waals surface area contributed by atoms with Gasteiger partial charge in [0.05, 0.1) is 23.1 Å². The molecule has 154 valence electrons. The molecule has 1 unspecified atom stereocenters. The number of para-hydroxylation sites is 1. The molecule has 1 aliphatic rings. The number of halogens is 1. The van der Waals surface area contributed by atoms with Crippen molar-refractivity contribution in [3.05, 3.63) is 59.4 Å². The standard InChI is InChI=1S/C23H30ClN5/c1-17-14-19(11-12-26-17)18(2)27-16-29(20-8-5-6-13-28(4)15-20)23-21(24)9-7-10-22(23)25-3/h7,9-12,14,20,27H,2-3,5-6,8,13,15-16H2,1,4H3. The van der Waals surface area contributed by atoms with Gasteiger partial charge in [0.2, 0.25) is 0 Å². The van der Waals surface area contributed by atoms with Gasteiger partial charge in [-0.25, -0.2) is 0 Å². The number of hydrogen-bond donors (Lipinski definition) is 1. The second-order valence-electron chi connectivity index (χ2n) is 7.65. The van der Waals surface area contributed by atoms with E-state index in [1.165, 1.54) is 12.8 Å². The van der Waals surface area contributed by atoms with E-state index in [0.717, 1.165) is 47.8 Å². The summed E-state index contributed by atoms with van der Waals surface area (Å²) in [6.07, 6.45) is 5.32. The van der Waals surface area contributed by atoms with Crippen LogP contribution in [0, 0.1) is 6.92 Å². The van der Waals surface area contributed by atoms with Crippen LogP contribution in [0.2, 0.25) is 5.02 Å². The Balaban J connectivity index is 1.89. The highest BCUT2D eigenvalue weighted by atomic mass is 35.5. The third kappa shape index (κ3) is 5.37. The molecule has 1 aliphatic heterocycles. The van der Waals surface area contributed by atoms with Crippen molar-refractivity contribution in [2.75, 3.05) is 31.7 Å². The number of hydrogen-bond acceptors (Lipinski definition) is 5. The molecule has 1 atom stereocenters. The van der Waals surface area contributed by atoms with E-state index < -0.39 is 0 Å². The van der Waals surface area contributed by atoms with Gasteiger partial charge in [0.1, 0.15) is 0 Å². The molecule has 2 aromatic rings. The highest BCUT2D eigenvalue weighted by Gasteiger charge is 2.26. The molecule has 1 N–H and O–H groups in total. The second-order valence-corrected chi connectivity index (χ2v) is 8.05. The number of nitrogens with zero attached hydrogens (tertiary/aromatic N) is 4. The van der Waals surface area contributed by atoms with Crippen LogP contribution < -0.4 is 10.2 Å². The molecule has 0 amide bonds. The number of aliphatic imine (C=N–C) groups is 1. The molecule has 1 saturated heterocycles. The van der Waals surface area contributed by atoms with Gasteiger partial charge >= 0.3 is 0 Å². The fraction of sp³-hybridized carbons (Fsp3) is 0.391. The van der Waals surface area contributed by atoms with Crippen molar-refractivity contribution in [2.24, 2.45) is 4.99 Å².